The molecule has 1 heterocycles. The van der Waals surface area contributed by atoms with Crippen LogP contribution in [0.4, 0.5) is 0 Å². The van der Waals surface area contributed by atoms with Gasteiger partial charge < -0.3 is 0 Å². The third kappa shape index (κ3) is 4.37. The van der Waals surface area contributed by atoms with Crippen molar-refractivity contribution in [3.8, 4) is 0 Å². The minimum atomic E-state index is 0.367. The van der Waals surface area contributed by atoms with Gasteiger partial charge in [-0.2, -0.15) is 0 Å². The van der Waals surface area contributed by atoms with Crippen LogP contribution in [0.15, 0.2) is 0 Å². The van der Waals surface area contributed by atoms with E-state index >= 15 is 0 Å². The largest absolute Gasteiger partial charge is 0.298 e. The highest BCUT2D eigenvalue weighted by molar-refractivity contribution is 4.98. The topological polar surface area (TPSA) is 3.24 Å². The lowest BCUT2D eigenvalue weighted by atomic mass is 9.55. The van der Waals surface area contributed by atoms with Crippen molar-refractivity contribution < 1.29 is 0 Å². The predicted octanol–water partition coefficient (Wildman–Crippen LogP) is 6.62. The smallest absolute Gasteiger partial charge is 0.0153 e. The highest BCUT2D eigenvalue weighted by atomic mass is 15.2. The maximum absolute atomic E-state index is 2.73. The van der Waals surface area contributed by atoms with E-state index in [-0.39, 0.29) is 0 Å². The van der Waals surface area contributed by atoms with Gasteiger partial charge in [0.05, 0.1) is 0 Å². The summed E-state index contributed by atoms with van der Waals surface area (Å²) in [6.45, 7) is 27.0. The van der Waals surface area contributed by atoms with Crippen LogP contribution in [0.1, 0.15) is 94.9 Å². The molecule has 0 aromatic carbocycles. The molecule has 1 saturated heterocycles. The summed E-state index contributed by atoms with van der Waals surface area (Å²) in [5.41, 5.74) is 1.85. The fourth-order valence-electron chi connectivity index (χ4n) is 4.47. The number of rotatable bonds is 5. The molecule has 1 saturated carbocycles. The Morgan fingerprint density at radius 3 is 1.50 bits per heavy atom. The van der Waals surface area contributed by atoms with Crippen molar-refractivity contribution in [3.05, 3.63) is 0 Å². The lowest BCUT2D eigenvalue weighted by Crippen LogP contribution is -2.60. The zero-order chi connectivity index (χ0) is 18.6. The van der Waals surface area contributed by atoms with E-state index < -0.39 is 0 Å². The van der Waals surface area contributed by atoms with Gasteiger partial charge in [0.2, 0.25) is 0 Å². The molecule has 0 radical (unpaired) electrons. The van der Waals surface area contributed by atoms with Crippen molar-refractivity contribution in [1.29, 1.82) is 0 Å². The van der Waals surface area contributed by atoms with Gasteiger partial charge in [0.15, 0.2) is 0 Å². The third-order valence-corrected chi connectivity index (χ3v) is 7.81. The van der Waals surface area contributed by atoms with Gasteiger partial charge in [-0.1, -0.05) is 55.4 Å². The van der Waals surface area contributed by atoms with Crippen molar-refractivity contribution in [3.63, 3.8) is 0 Å². The van der Waals surface area contributed by atoms with Crippen LogP contribution in [0.5, 0.6) is 0 Å². The standard InChI is InChI=1S/C23H45N/c1-20(2,3)17-13-18(14-17)22(7,8)11-12-23(9,10)24-15-19(16-24)21(4,5)6/h17-19H,11-16H2,1-10H3. The van der Waals surface area contributed by atoms with Crippen LogP contribution in [0.2, 0.25) is 0 Å². The van der Waals surface area contributed by atoms with Crippen molar-refractivity contribution in [1.82, 2.24) is 4.90 Å². The summed E-state index contributed by atoms with van der Waals surface area (Å²) in [6.07, 6.45) is 5.62. The molecule has 0 aromatic rings. The van der Waals surface area contributed by atoms with Crippen molar-refractivity contribution >= 4 is 0 Å². The van der Waals surface area contributed by atoms with Crippen LogP contribution in [-0.4, -0.2) is 23.5 Å². The molecule has 2 rings (SSSR count). The lowest BCUT2D eigenvalue weighted by Gasteiger charge is -2.55. The second kappa shape index (κ2) is 6.29. The molecule has 1 aliphatic heterocycles. The van der Waals surface area contributed by atoms with E-state index in [2.05, 4.69) is 74.1 Å². The SMILES string of the molecule is CC(C)(C)C1CC(C(C)(C)CCC(C)(C)N2CC(C(C)(C)C)C2)C1. The first-order valence-corrected chi connectivity index (χ1v) is 10.4. The Balaban J connectivity index is 1.80. The molecule has 1 aliphatic carbocycles. The van der Waals surface area contributed by atoms with Gasteiger partial charge in [0.1, 0.15) is 0 Å². The van der Waals surface area contributed by atoms with Gasteiger partial charge in [-0.3, -0.25) is 4.90 Å². The Morgan fingerprint density at radius 2 is 1.08 bits per heavy atom. The van der Waals surface area contributed by atoms with Crippen LogP contribution in [0.25, 0.3) is 0 Å². The Kier molecular flexibility index (Phi) is 5.31. The summed E-state index contributed by atoms with van der Waals surface area (Å²) in [5.74, 6) is 2.76. The van der Waals surface area contributed by atoms with E-state index in [0.717, 1.165) is 17.8 Å². The van der Waals surface area contributed by atoms with Gasteiger partial charge in [-0.25, -0.2) is 0 Å². The van der Waals surface area contributed by atoms with Crippen molar-refractivity contribution in [2.45, 2.75) is 100 Å². The second-order valence-corrected chi connectivity index (χ2v) is 12.5. The molecule has 1 nitrogen and oxygen atoms in total. The quantitative estimate of drug-likeness (QED) is 0.545. The molecular formula is C23H45N. The number of hydrogen-bond donors (Lipinski definition) is 0. The van der Waals surface area contributed by atoms with Gasteiger partial charge in [-0.05, 0) is 73.5 Å². The molecule has 0 bridgehead atoms. The maximum Gasteiger partial charge on any atom is 0.0153 e. The molecule has 0 N–H and O–H groups in total. The average Bonchev–Trinajstić information content (AvgIpc) is 2.16. The summed E-state index contributed by atoms with van der Waals surface area (Å²) in [6, 6.07) is 0. The fraction of sp³-hybridized carbons (Fsp3) is 1.00. The molecule has 0 atom stereocenters. The molecule has 2 fully saturated rings. The predicted molar refractivity (Wildman–Crippen MR) is 107 cm³/mol. The van der Waals surface area contributed by atoms with Crippen LogP contribution in [0, 0.1) is 34.0 Å². The lowest BCUT2D eigenvalue weighted by molar-refractivity contribution is -0.0571. The van der Waals surface area contributed by atoms with Crippen LogP contribution in [0.3, 0.4) is 0 Å². The fourth-order valence-corrected chi connectivity index (χ4v) is 4.47. The zero-order valence-corrected chi connectivity index (χ0v) is 18.4. The van der Waals surface area contributed by atoms with Crippen molar-refractivity contribution in [2.24, 2.45) is 34.0 Å². The van der Waals surface area contributed by atoms with Gasteiger partial charge in [0.25, 0.3) is 0 Å². The van der Waals surface area contributed by atoms with E-state index in [1.807, 2.05) is 0 Å². The Labute approximate surface area is 153 Å². The number of nitrogens with zero attached hydrogens (tertiary/aromatic N) is 1. The summed E-state index contributed by atoms with van der Waals surface area (Å²) < 4.78 is 0. The van der Waals surface area contributed by atoms with E-state index in [4.69, 9.17) is 0 Å². The first-order valence-electron chi connectivity index (χ1n) is 10.4. The highest BCUT2D eigenvalue weighted by Gasteiger charge is 2.46. The average molecular weight is 336 g/mol. The van der Waals surface area contributed by atoms with Crippen LogP contribution >= 0.6 is 0 Å². The molecule has 24 heavy (non-hydrogen) atoms. The number of hydrogen-bond acceptors (Lipinski definition) is 1. The molecule has 0 spiro atoms. The second-order valence-electron chi connectivity index (χ2n) is 12.5. The first kappa shape index (κ1) is 20.3. The molecule has 0 amide bonds. The minimum absolute atomic E-state index is 0.367. The summed E-state index contributed by atoms with van der Waals surface area (Å²) in [5, 5.41) is 0. The van der Waals surface area contributed by atoms with Crippen molar-refractivity contribution in [2.75, 3.05) is 13.1 Å². The Hall–Kier alpha value is -0.0400. The zero-order valence-electron chi connectivity index (χ0n) is 18.4. The van der Waals surface area contributed by atoms with E-state index in [9.17, 15) is 0 Å². The maximum atomic E-state index is 2.73. The number of likely N-dealkylation sites (tertiary alicyclic amines) is 1. The Bertz CT molecular complexity index is 378. The molecule has 2 aliphatic rings. The van der Waals surface area contributed by atoms with Gasteiger partial charge >= 0.3 is 0 Å². The normalized spacial score (nSPS) is 27.8. The molecule has 0 aromatic heterocycles. The summed E-state index contributed by atoms with van der Waals surface area (Å²) >= 11 is 0. The van der Waals surface area contributed by atoms with Crippen LogP contribution < -0.4 is 0 Å². The highest BCUT2D eigenvalue weighted by Crippen LogP contribution is 2.54. The molecule has 1 heteroatoms. The summed E-state index contributed by atoms with van der Waals surface area (Å²) in [4.78, 5) is 2.73. The van der Waals surface area contributed by atoms with Crippen LogP contribution in [-0.2, 0) is 0 Å². The molecule has 142 valence electrons. The van der Waals surface area contributed by atoms with Gasteiger partial charge in [0, 0.05) is 18.6 Å². The summed E-state index contributed by atoms with van der Waals surface area (Å²) in [7, 11) is 0. The van der Waals surface area contributed by atoms with E-state index in [1.165, 1.54) is 38.8 Å². The molecule has 0 unspecified atom stereocenters. The van der Waals surface area contributed by atoms with E-state index in [1.54, 1.807) is 0 Å². The first-order chi connectivity index (χ1) is 10.6. The minimum Gasteiger partial charge on any atom is -0.298 e. The van der Waals surface area contributed by atoms with E-state index in [0.29, 0.717) is 21.8 Å². The monoisotopic (exact) mass is 335 g/mol. The Morgan fingerprint density at radius 1 is 0.625 bits per heavy atom. The van der Waals surface area contributed by atoms with Gasteiger partial charge in [-0.15, -0.1) is 0 Å². The molecular weight excluding hydrogens is 290 g/mol. The third-order valence-electron chi connectivity index (χ3n) is 7.81.